The predicted octanol–water partition coefficient (Wildman–Crippen LogP) is 5.41. The fraction of sp³-hybridized carbons (Fsp3) is 1.00. The lowest BCUT2D eigenvalue weighted by Gasteiger charge is -2.28. The number of methoxy groups -OCH3 is 1. The van der Waals surface area contributed by atoms with Crippen molar-refractivity contribution in [2.24, 2.45) is 0 Å². The second kappa shape index (κ2) is 12.5. The van der Waals surface area contributed by atoms with E-state index in [4.69, 9.17) is 4.74 Å². The first-order valence-electron chi connectivity index (χ1n) is 9.58. The van der Waals surface area contributed by atoms with Crippen molar-refractivity contribution in [3.63, 3.8) is 0 Å². The molecule has 1 fully saturated rings. The van der Waals surface area contributed by atoms with E-state index < -0.39 is 0 Å². The van der Waals surface area contributed by atoms with Gasteiger partial charge < -0.3 is 4.74 Å². The molecule has 0 aromatic rings. The number of hydrogen-bond donors (Lipinski definition) is 0. The Morgan fingerprint density at radius 2 is 1.48 bits per heavy atom. The number of likely N-dealkylation sites (tertiary alicyclic amines) is 1. The molecule has 1 aliphatic rings. The molecule has 1 aliphatic heterocycles. The van der Waals surface area contributed by atoms with Crippen molar-refractivity contribution >= 4 is 0 Å². The maximum Gasteiger partial charge on any atom is 0.0710 e. The zero-order chi connectivity index (χ0) is 15.3. The largest absolute Gasteiger partial charge is 0.380 e. The van der Waals surface area contributed by atoms with Crippen LogP contribution in [-0.2, 0) is 4.74 Å². The summed E-state index contributed by atoms with van der Waals surface area (Å²) in [5.41, 5.74) is 0. The van der Waals surface area contributed by atoms with Gasteiger partial charge in [0.15, 0.2) is 0 Å². The summed E-state index contributed by atoms with van der Waals surface area (Å²) < 4.78 is 5.55. The quantitative estimate of drug-likeness (QED) is 0.422. The first-order chi connectivity index (χ1) is 10.3. The molecule has 126 valence electrons. The van der Waals surface area contributed by atoms with E-state index in [1.165, 1.54) is 90.1 Å². The Kier molecular flexibility index (Phi) is 11.3. The summed E-state index contributed by atoms with van der Waals surface area (Å²) in [4.78, 5) is 2.72. The van der Waals surface area contributed by atoms with Gasteiger partial charge in [-0.25, -0.2) is 0 Å². The molecule has 0 aliphatic carbocycles. The summed E-state index contributed by atoms with van der Waals surface area (Å²) in [6.45, 7) is 7.02. The van der Waals surface area contributed by atoms with Crippen LogP contribution in [0, 0.1) is 0 Å². The van der Waals surface area contributed by atoms with Crippen LogP contribution in [0.3, 0.4) is 0 Å². The van der Waals surface area contributed by atoms with Crippen LogP contribution in [0.25, 0.3) is 0 Å². The molecule has 1 heterocycles. The van der Waals surface area contributed by atoms with E-state index in [0.29, 0.717) is 6.10 Å². The van der Waals surface area contributed by atoms with Gasteiger partial charge in [0.2, 0.25) is 0 Å². The monoisotopic (exact) mass is 297 g/mol. The molecule has 0 aromatic heterocycles. The Morgan fingerprint density at radius 1 is 0.905 bits per heavy atom. The zero-order valence-electron chi connectivity index (χ0n) is 14.9. The molecule has 0 spiro atoms. The van der Waals surface area contributed by atoms with Crippen LogP contribution in [-0.4, -0.2) is 37.2 Å². The van der Waals surface area contributed by atoms with Crippen LogP contribution in [0.15, 0.2) is 0 Å². The second-order valence-corrected chi connectivity index (χ2v) is 6.85. The highest BCUT2D eigenvalue weighted by Gasteiger charge is 2.27. The fourth-order valence-electron chi connectivity index (χ4n) is 3.58. The molecular weight excluding hydrogens is 258 g/mol. The molecule has 0 aromatic carbocycles. The molecule has 0 bridgehead atoms. The lowest BCUT2D eigenvalue weighted by atomic mass is 9.99. The topological polar surface area (TPSA) is 12.5 Å². The highest BCUT2D eigenvalue weighted by atomic mass is 16.5. The Morgan fingerprint density at radius 3 is 2.00 bits per heavy atom. The van der Waals surface area contributed by atoms with E-state index in [9.17, 15) is 0 Å². The lowest BCUT2D eigenvalue weighted by molar-refractivity contribution is 0.0977. The average Bonchev–Trinajstić information content (AvgIpc) is 2.98. The minimum Gasteiger partial charge on any atom is -0.380 e. The third-order valence-corrected chi connectivity index (χ3v) is 5.06. The third kappa shape index (κ3) is 8.21. The van der Waals surface area contributed by atoms with Crippen LogP contribution in [0.5, 0.6) is 0 Å². The summed E-state index contributed by atoms with van der Waals surface area (Å²) in [6.07, 6.45) is 17.2. The minimum absolute atomic E-state index is 0.489. The molecule has 1 rings (SSSR count). The molecule has 1 saturated heterocycles. The number of ether oxygens (including phenoxy) is 1. The lowest BCUT2D eigenvalue weighted by Crippen LogP contribution is -2.34. The number of rotatable bonds is 13. The van der Waals surface area contributed by atoms with E-state index in [-0.39, 0.29) is 0 Å². The summed E-state index contributed by atoms with van der Waals surface area (Å²) in [5, 5.41) is 0. The van der Waals surface area contributed by atoms with Crippen molar-refractivity contribution in [3.05, 3.63) is 0 Å². The molecule has 2 heteroatoms. The van der Waals surface area contributed by atoms with Gasteiger partial charge in [0, 0.05) is 26.2 Å². The molecule has 2 atom stereocenters. The summed E-state index contributed by atoms with van der Waals surface area (Å²) in [6, 6.07) is 0.823. The Hall–Kier alpha value is -0.0800. The maximum atomic E-state index is 5.55. The summed E-state index contributed by atoms with van der Waals surface area (Å²) in [7, 11) is 1.87. The zero-order valence-corrected chi connectivity index (χ0v) is 14.9. The molecular formula is C19H39NO. The Bertz CT molecular complexity index is 232. The smallest absolute Gasteiger partial charge is 0.0710 e. The summed E-state index contributed by atoms with van der Waals surface area (Å²) >= 11 is 0. The number of nitrogens with zero attached hydrogens (tertiary/aromatic N) is 1. The Labute approximate surface area is 133 Å². The van der Waals surface area contributed by atoms with Gasteiger partial charge in [0.25, 0.3) is 0 Å². The van der Waals surface area contributed by atoms with Crippen LogP contribution >= 0.6 is 0 Å². The number of hydrogen-bond acceptors (Lipinski definition) is 2. The van der Waals surface area contributed by atoms with Gasteiger partial charge in [-0.1, -0.05) is 71.6 Å². The molecule has 0 saturated carbocycles. The van der Waals surface area contributed by atoms with E-state index in [1.54, 1.807) is 0 Å². The average molecular weight is 298 g/mol. The van der Waals surface area contributed by atoms with Gasteiger partial charge in [-0.15, -0.1) is 0 Å². The molecule has 21 heavy (non-hydrogen) atoms. The highest BCUT2D eigenvalue weighted by molar-refractivity contribution is 4.82. The SMILES string of the molecule is CCCCCCCC(CCCCCC)N1CCC(OC)C1. The highest BCUT2D eigenvalue weighted by Crippen LogP contribution is 2.23. The van der Waals surface area contributed by atoms with Crippen LogP contribution in [0.2, 0.25) is 0 Å². The van der Waals surface area contributed by atoms with Gasteiger partial charge in [-0.2, -0.15) is 0 Å². The van der Waals surface area contributed by atoms with Gasteiger partial charge >= 0.3 is 0 Å². The van der Waals surface area contributed by atoms with Gasteiger partial charge in [-0.05, 0) is 19.3 Å². The van der Waals surface area contributed by atoms with Gasteiger partial charge in [0.1, 0.15) is 0 Å². The molecule has 0 N–H and O–H groups in total. The van der Waals surface area contributed by atoms with Gasteiger partial charge in [0.05, 0.1) is 6.10 Å². The first-order valence-corrected chi connectivity index (χ1v) is 9.58. The van der Waals surface area contributed by atoms with Gasteiger partial charge in [-0.3, -0.25) is 4.90 Å². The molecule has 2 unspecified atom stereocenters. The van der Waals surface area contributed by atoms with E-state index in [0.717, 1.165) is 6.04 Å². The minimum atomic E-state index is 0.489. The molecule has 0 radical (unpaired) electrons. The van der Waals surface area contributed by atoms with Crippen LogP contribution in [0.4, 0.5) is 0 Å². The standard InChI is InChI=1S/C19H39NO/c1-4-6-8-10-12-14-18(13-11-9-7-5-2)20-16-15-19(17-20)21-3/h18-19H,4-17H2,1-3H3. The third-order valence-electron chi connectivity index (χ3n) is 5.06. The Balaban J connectivity index is 2.27. The van der Waals surface area contributed by atoms with Crippen molar-refractivity contribution < 1.29 is 4.74 Å². The first kappa shape index (κ1) is 19.0. The number of unbranched alkanes of at least 4 members (excludes halogenated alkanes) is 7. The fourth-order valence-corrected chi connectivity index (χ4v) is 3.58. The van der Waals surface area contributed by atoms with Crippen molar-refractivity contribution in [2.75, 3.05) is 20.2 Å². The van der Waals surface area contributed by atoms with Crippen molar-refractivity contribution in [2.45, 2.75) is 103 Å². The second-order valence-electron chi connectivity index (χ2n) is 6.85. The molecule has 0 amide bonds. The molecule has 2 nitrogen and oxygen atoms in total. The van der Waals surface area contributed by atoms with Crippen LogP contribution < -0.4 is 0 Å². The van der Waals surface area contributed by atoms with Crippen molar-refractivity contribution in [3.8, 4) is 0 Å². The van der Waals surface area contributed by atoms with Crippen molar-refractivity contribution in [1.82, 2.24) is 4.90 Å². The van der Waals surface area contributed by atoms with E-state index >= 15 is 0 Å². The maximum absolute atomic E-state index is 5.55. The predicted molar refractivity (Wildman–Crippen MR) is 92.9 cm³/mol. The van der Waals surface area contributed by atoms with E-state index in [2.05, 4.69) is 18.7 Å². The van der Waals surface area contributed by atoms with E-state index in [1.807, 2.05) is 7.11 Å². The van der Waals surface area contributed by atoms with Crippen molar-refractivity contribution in [1.29, 1.82) is 0 Å². The normalized spacial score (nSPS) is 21.0. The van der Waals surface area contributed by atoms with Crippen LogP contribution in [0.1, 0.15) is 90.9 Å². The summed E-state index contributed by atoms with van der Waals surface area (Å²) in [5.74, 6) is 0.